The molecule has 2 aromatic carbocycles. The Bertz CT molecular complexity index is 1220. The van der Waals surface area contributed by atoms with Crippen molar-refractivity contribution in [2.45, 2.75) is 60.4 Å². The number of hydrogen-bond donors (Lipinski definition) is 1. The summed E-state index contributed by atoms with van der Waals surface area (Å²) < 4.78 is 16.6. The highest BCUT2D eigenvalue weighted by molar-refractivity contribution is 5.83. The van der Waals surface area contributed by atoms with Crippen LogP contribution in [0, 0.1) is 11.7 Å². The summed E-state index contributed by atoms with van der Waals surface area (Å²) in [5, 5.41) is 3.50. The average molecular weight is 493 g/mol. The molecule has 0 radical (unpaired) electrons. The van der Waals surface area contributed by atoms with Crippen molar-refractivity contribution < 1.29 is 4.39 Å². The van der Waals surface area contributed by atoms with Crippen molar-refractivity contribution in [3.05, 3.63) is 69.5 Å². The molecule has 0 bridgehead atoms. The van der Waals surface area contributed by atoms with Crippen molar-refractivity contribution in [2.24, 2.45) is 5.92 Å². The first-order chi connectivity index (χ1) is 17.2. The van der Waals surface area contributed by atoms with Crippen LogP contribution in [0.4, 0.5) is 10.1 Å². The van der Waals surface area contributed by atoms with E-state index in [4.69, 9.17) is 4.98 Å². The van der Waals surface area contributed by atoms with Gasteiger partial charge in [-0.15, -0.1) is 0 Å². The minimum absolute atomic E-state index is 0.213. The summed E-state index contributed by atoms with van der Waals surface area (Å²) in [5.41, 5.74) is 3.00. The molecule has 194 valence electrons. The van der Waals surface area contributed by atoms with Gasteiger partial charge in [-0.3, -0.25) is 9.36 Å². The van der Waals surface area contributed by atoms with E-state index in [1.165, 1.54) is 11.6 Å². The molecule has 6 heteroatoms. The van der Waals surface area contributed by atoms with Gasteiger partial charge < -0.3 is 10.2 Å². The van der Waals surface area contributed by atoms with E-state index in [1.54, 1.807) is 10.6 Å². The molecule has 0 spiro atoms. The molecule has 3 aromatic rings. The molecule has 0 fully saturated rings. The number of hydrogen-bond acceptors (Lipinski definition) is 4. The molecular weight excluding hydrogens is 451 g/mol. The second kappa shape index (κ2) is 12.8. The van der Waals surface area contributed by atoms with Crippen LogP contribution in [0.2, 0.25) is 0 Å². The van der Waals surface area contributed by atoms with Crippen LogP contribution in [0.5, 0.6) is 0 Å². The number of anilines is 1. The lowest BCUT2D eigenvalue weighted by atomic mass is 10.0. The molecule has 0 aliphatic heterocycles. The molecule has 0 atom stereocenters. The SMILES string of the molecule is CCN(CC)CCCNc1cc2nc(/C=C/c3ccc(C(C)C)cc3)n(CC(C)C)c(=O)c2cc1F. The Labute approximate surface area is 215 Å². The number of aromatic nitrogens is 2. The van der Waals surface area contributed by atoms with Crippen molar-refractivity contribution in [3.8, 4) is 0 Å². The first-order valence-electron chi connectivity index (χ1n) is 13.2. The number of halogens is 1. The zero-order valence-corrected chi connectivity index (χ0v) is 22.6. The minimum Gasteiger partial charge on any atom is -0.383 e. The lowest BCUT2D eigenvalue weighted by Crippen LogP contribution is -2.26. The van der Waals surface area contributed by atoms with Gasteiger partial charge in [-0.25, -0.2) is 9.37 Å². The zero-order valence-electron chi connectivity index (χ0n) is 22.6. The van der Waals surface area contributed by atoms with E-state index in [-0.39, 0.29) is 11.5 Å². The quantitative estimate of drug-likeness (QED) is 0.288. The van der Waals surface area contributed by atoms with Crippen LogP contribution in [0.3, 0.4) is 0 Å². The van der Waals surface area contributed by atoms with E-state index in [0.717, 1.165) is 31.6 Å². The van der Waals surface area contributed by atoms with E-state index >= 15 is 0 Å². The fourth-order valence-electron chi connectivity index (χ4n) is 4.29. The lowest BCUT2D eigenvalue weighted by Gasteiger charge is -2.18. The normalized spacial score (nSPS) is 12.1. The van der Waals surface area contributed by atoms with Gasteiger partial charge in [0.05, 0.1) is 16.6 Å². The molecule has 36 heavy (non-hydrogen) atoms. The van der Waals surface area contributed by atoms with Gasteiger partial charge in [0.15, 0.2) is 0 Å². The molecule has 0 aliphatic rings. The number of fused-ring (bicyclic) bond motifs is 1. The van der Waals surface area contributed by atoms with E-state index in [1.807, 2.05) is 12.2 Å². The van der Waals surface area contributed by atoms with Gasteiger partial charge in [-0.1, -0.05) is 71.9 Å². The van der Waals surface area contributed by atoms with Crippen LogP contribution in [0.1, 0.15) is 70.8 Å². The maximum atomic E-state index is 14.9. The van der Waals surface area contributed by atoms with Crippen molar-refractivity contribution in [3.63, 3.8) is 0 Å². The van der Waals surface area contributed by atoms with Gasteiger partial charge in [0, 0.05) is 13.1 Å². The Morgan fingerprint density at radius 1 is 1.06 bits per heavy atom. The Morgan fingerprint density at radius 2 is 1.75 bits per heavy atom. The van der Waals surface area contributed by atoms with Gasteiger partial charge >= 0.3 is 0 Å². The average Bonchev–Trinajstić information content (AvgIpc) is 2.85. The van der Waals surface area contributed by atoms with Gasteiger partial charge in [0.1, 0.15) is 11.6 Å². The number of rotatable bonds is 12. The summed E-state index contributed by atoms with van der Waals surface area (Å²) in [6.45, 7) is 16.9. The number of nitrogens with zero attached hydrogens (tertiary/aromatic N) is 3. The first kappa shape index (κ1) is 27.6. The summed E-state index contributed by atoms with van der Waals surface area (Å²) in [6, 6.07) is 11.4. The molecule has 0 saturated carbocycles. The summed E-state index contributed by atoms with van der Waals surface area (Å²) in [4.78, 5) is 20.5. The summed E-state index contributed by atoms with van der Waals surface area (Å²) in [7, 11) is 0. The Hall–Kier alpha value is -2.99. The Balaban J connectivity index is 1.93. The van der Waals surface area contributed by atoms with Crippen LogP contribution >= 0.6 is 0 Å². The monoisotopic (exact) mass is 492 g/mol. The molecule has 3 rings (SSSR count). The fourth-order valence-corrected chi connectivity index (χ4v) is 4.29. The van der Waals surface area contributed by atoms with E-state index < -0.39 is 5.82 Å². The largest absolute Gasteiger partial charge is 0.383 e. The molecule has 0 saturated heterocycles. The summed E-state index contributed by atoms with van der Waals surface area (Å²) >= 11 is 0. The van der Waals surface area contributed by atoms with Crippen LogP contribution < -0.4 is 10.9 Å². The van der Waals surface area contributed by atoms with Gasteiger partial charge in [-0.2, -0.15) is 0 Å². The number of nitrogens with one attached hydrogen (secondary N) is 1. The van der Waals surface area contributed by atoms with Crippen LogP contribution in [-0.2, 0) is 6.54 Å². The Kier molecular flexibility index (Phi) is 9.82. The number of benzene rings is 2. The molecule has 0 aliphatic carbocycles. The molecular formula is C30H41FN4O. The van der Waals surface area contributed by atoms with E-state index in [9.17, 15) is 9.18 Å². The second-order valence-electron chi connectivity index (χ2n) is 10.1. The zero-order chi connectivity index (χ0) is 26.2. The van der Waals surface area contributed by atoms with Gasteiger partial charge in [0.2, 0.25) is 0 Å². The maximum absolute atomic E-state index is 14.9. The topological polar surface area (TPSA) is 50.2 Å². The molecule has 1 N–H and O–H groups in total. The van der Waals surface area contributed by atoms with Gasteiger partial charge in [0.25, 0.3) is 5.56 Å². The van der Waals surface area contributed by atoms with E-state index in [0.29, 0.717) is 41.4 Å². The molecule has 0 amide bonds. The van der Waals surface area contributed by atoms with Crippen molar-refractivity contribution >= 4 is 28.7 Å². The van der Waals surface area contributed by atoms with Gasteiger partial charge in [-0.05, 0) is 67.2 Å². The van der Waals surface area contributed by atoms with Crippen LogP contribution in [-0.4, -0.2) is 40.6 Å². The van der Waals surface area contributed by atoms with Crippen molar-refractivity contribution in [1.29, 1.82) is 0 Å². The van der Waals surface area contributed by atoms with Crippen LogP contribution in [0.25, 0.3) is 23.1 Å². The maximum Gasteiger partial charge on any atom is 0.261 e. The predicted octanol–water partition coefficient (Wildman–Crippen LogP) is 6.63. The third-order valence-corrected chi connectivity index (χ3v) is 6.51. The summed E-state index contributed by atoms with van der Waals surface area (Å²) in [5.74, 6) is 0.875. The highest BCUT2D eigenvalue weighted by Gasteiger charge is 2.14. The minimum atomic E-state index is -0.422. The third-order valence-electron chi connectivity index (χ3n) is 6.51. The summed E-state index contributed by atoms with van der Waals surface area (Å²) in [6.07, 6.45) is 4.77. The lowest BCUT2D eigenvalue weighted by molar-refractivity contribution is 0.303. The highest BCUT2D eigenvalue weighted by atomic mass is 19.1. The molecule has 1 heterocycles. The third kappa shape index (κ3) is 7.03. The fraction of sp³-hybridized carbons (Fsp3) is 0.467. The first-order valence-corrected chi connectivity index (χ1v) is 13.2. The van der Waals surface area contributed by atoms with Crippen LogP contribution in [0.15, 0.2) is 41.2 Å². The Morgan fingerprint density at radius 3 is 2.36 bits per heavy atom. The standard InChI is InChI=1S/C30H41FN4O/c1-7-34(8-2)17-9-16-32-28-19-27-25(18-26(28)31)30(36)35(20-21(3)4)29(33-27)15-12-23-10-13-24(14-11-23)22(5)6/h10-15,18-19,21-22,32H,7-9,16-17,20H2,1-6H3/b15-12+. The predicted molar refractivity (Wildman–Crippen MR) is 151 cm³/mol. The van der Waals surface area contributed by atoms with Crippen molar-refractivity contribution in [2.75, 3.05) is 31.5 Å². The molecule has 1 aromatic heterocycles. The van der Waals surface area contributed by atoms with E-state index in [2.05, 4.69) is 76.0 Å². The molecule has 5 nitrogen and oxygen atoms in total. The second-order valence-corrected chi connectivity index (χ2v) is 10.1. The molecule has 0 unspecified atom stereocenters. The smallest absolute Gasteiger partial charge is 0.261 e. The highest BCUT2D eigenvalue weighted by Crippen LogP contribution is 2.22. The van der Waals surface area contributed by atoms with Crippen molar-refractivity contribution in [1.82, 2.24) is 14.5 Å².